The summed E-state index contributed by atoms with van der Waals surface area (Å²) >= 11 is 1.44. The first-order valence-corrected chi connectivity index (χ1v) is 9.17. The highest BCUT2D eigenvalue weighted by molar-refractivity contribution is 7.13. The molecule has 3 aromatic heterocycles. The SMILES string of the molecule is Cc1nc(C)c(C(=O)N(Cc2cnc3ccccn23)c2ccccc2)s1. The Morgan fingerprint density at radius 3 is 2.62 bits per heavy atom. The third-order valence-corrected chi connectivity index (χ3v) is 5.29. The summed E-state index contributed by atoms with van der Waals surface area (Å²) in [6.45, 7) is 4.24. The average molecular weight is 362 g/mol. The van der Waals surface area contributed by atoms with Crippen LogP contribution in [0.2, 0.25) is 0 Å². The van der Waals surface area contributed by atoms with Crippen LogP contribution in [0.1, 0.15) is 26.1 Å². The van der Waals surface area contributed by atoms with Gasteiger partial charge in [0.25, 0.3) is 5.91 Å². The Hall–Kier alpha value is -2.99. The molecule has 4 rings (SSSR count). The van der Waals surface area contributed by atoms with E-state index in [1.165, 1.54) is 11.3 Å². The van der Waals surface area contributed by atoms with Crippen molar-refractivity contribution >= 4 is 28.6 Å². The number of rotatable bonds is 4. The highest BCUT2D eigenvalue weighted by Crippen LogP contribution is 2.25. The maximum absolute atomic E-state index is 13.3. The molecule has 0 saturated heterocycles. The number of carbonyl (C=O) groups excluding carboxylic acids is 1. The second-order valence-corrected chi connectivity index (χ2v) is 7.26. The van der Waals surface area contributed by atoms with Crippen molar-refractivity contribution < 1.29 is 4.79 Å². The van der Waals surface area contributed by atoms with Gasteiger partial charge >= 0.3 is 0 Å². The minimum atomic E-state index is -0.0369. The van der Waals surface area contributed by atoms with Crippen molar-refractivity contribution in [3.8, 4) is 0 Å². The number of imidazole rings is 1. The summed E-state index contributed by atoms with van der Waals surface area (Å²) in [7, 11) is 0. The molecule has 0 radical (unpaired) electrons. The zero-order valence-corrected chi connectivity index (χ0v) is 15.4. The topological polar surface area (TPSA) is 50.5 Å². The fourth-order valence-electron chi connectivity index (χ4n) is 3.00. The van der Waals surface area contributed by atoms with E-state index in [-0.39, 0.29) is 5.91 Å². The Morgan fingerprint density at radius 2 is 1.88 bits per heavy atom. The van der Waals surface area contributed by atoms with Crippen molar-refractivity contribution in [2.24, 2.45) is 0 Å². The molecule has 3 heterocycles. The van der Waals surface area contributed by atoms with E-state index in [0.29, 0.717) is 11.4 Å². The number of pyridine rings is 1. The van der Waals surface area contributed by atoms with Gasteiger partial charge in [-0.15, -0.1) is 11.3 Å². The summed E-state index contributed by atoms with van der Waals surface area (Å²) in [4.78, 5) is 24.6. The van der Waals surface area contributed by atoms with Gasteiger partial charge in [0.05, 0.1) is 29.1 Å². The molecule has 1 aromatic carbocycles. The summed E-state index contributed by atoms with van der Waals surface area (Å²) in [5.41, 5.74) is 3.45. The maximum atomic E-state index is 13.3. The molecule has 0 spiro atoms. The standard InChI is InChI=1S/C20H18N4OS/c1-14-19(26-15(2)22-14)20(25)24(16-8-4-3-5-9-16)13-17-12-21-18-10-6-7-11-23(17)18/h3-12H,13H2,1-2H3. The smallest absolute Gasteiger partial charge is 0.270 e. The number of aromatic nitrogens is 3. The number of amides is 1. The lowest BCUT2D eigenvalue weighted by Crippen LogP contribution is -2.30. The summed E-state index contributed by atoms with van der Waals surface area (Å²) in [6, 6.07) is 15.6. The molecular formula is C20H18N4OS. The van der Waals surface area contributed by atoms with Crippen molar-refractivity contribution in [3.05, 3.63) is 82.2 Å². The molecular weight excluding hydrogens is 344 g/mol. The van der Waals surface area contributed by atoms with Gasteiger partial charge in [0.15, 0.2) is 0 Å². The molecule has 0 unspecified atom stereocenters. The number of fused-ring (bicyclic) bond motifs is 1. The third kappa shape index (κ3) is 2.99. The number of thiazole rings is 1. The second-order valence-electron chi connectivity index (χ2n) is 6.05. The van der Waals surface area contributed by atoms with Gasteiger partial charge in [-0.2, -0.15) is 0 Å². The summed E-state index contributed by atoms with van der Waals surface area (Å²) in [5.74, 6) is -0.0369. The first kappa shape index (κ1) is 16.5. The van der Waals surface area contributed by atoms with Crippen LogP contribution < -0.4 is 4.90 Å². The fourth-order valence-corrected chi connectivity index (χ4v) is 3.87. The Labute approximate surface area is 155 Å². The minimum absolute atomic E-state index is 0.0369. The van der Waals surface area contributed by atoms with Crippen molar-refractivity contribution in [1.29, 1.82) is 0 Å². The fraction of sp³-hybridized carbons (Fsp3) is 0.150. The number of anilines is 1. The molecule has 0 fully saturated rings. The molecule has 0 atom stereocenters. The second kappa shape index (κ2) is 6.72. The van der Waals surface area contributed by atoms with Crippen LogP contribution in [0.3, 0.4) is 0 Å². The van der Waals surface area contributed by atoms with Gasteiger partial charge < -0.3 is 9.30 Å². The molecule has 130 valence electrons. The van der Waals surface area contributed by atoms with Gasteiger partial charge in [0.1, 0.15) is 10.5 Å². The number of aryl methyl sites for hydroxylation is 2. The van der Waals surface area contributed by atoms with E-state index in [0.717, 1.165) is 27.7 Å². The number of nitrogens with zero attached hydrogens (tertiary/aromatic N) is 4. The van der Waals surface area contributed by atoms with Crippen LogP contribution in [-0.2, 0) is 6.54 Å². The van der Waals surface area contributed by atoms with Crippen LogP contribution in [0.5, 0.6) is 0 Å². The zero-order chi connectivity index (χ0) is 18.1. The number of para-hydroxylation sites is 1. The van der Waals surface area contributed by atoms with E-state index >= 15 is 0 Å². The molecule has 0 bridgehead atoms. The number of benzene rings is 1. The predicted molar refractivity (Wildman–Crippen MR) is 104 cm³/mol. The van der Waals surface area contributed by atoms with Crippen LogP contribution in [0.15, 0.2) is 60.9 Å². The third-order valence-electron chi connectivity index (χ3n) is 4.22. The maximum Gasteiger partial charge on any atom is 0.270 e. The lowest BCUT2D eigenvalue weighted by molar-refractivity contribution is 0.0988. The molecule has 0 aliphatic carbocycles. The van der Waals surface area contributed by atoms with Crippen LogP contribution in [0, 0.1) is 13.8 Å². The molecule has 5 nitrogen and oxygen atoms in total. The van der Waals surface area contributed by atoms with Gasteiger partial charge in [-0.25, -0.2) is 9.97 Å². The van der Waals surface area contributed by atoms with Crippen molar-refractivity contribution in [1.82, 2.24) is 14.4 Å². The molecule has 6 heteroatoms. The van der Waals surface area contributed by atoms with Crippen molar-refractivity contribution in [3.63, 3.8) is 0 Å². The van der Waals surface area contributed by atoms with Crippen LogP contribution in [0.25, 0.3) is 5.65 Å². The quantitative estimate of drug-likeness (QED) is 0.545. The molecule has 0 N–H and O–H groups in total. The number of hydrogen-bond acceptors (Lipinski definition) is 4. The van der Waals surface area contributed by atoms with E-state index in [2.05, 4.69) is 9.97 Å². The van der Waals surface area contributed by atoms with Crippen LogP contribution in [0.4, 0.5) is 5.69 Å². The Balaban J connectivity index is 1.76. The van der Waals surface area contributed by atoms with Crippen molar-refractivity contribution in [2.45, 2.75) is 20.4 Å². The largest absolute Gasteiger partial charge is 0.302 e. The molecule has 26 heavy (non-hydrogen) atoms. The van der Waals surface area contributed by atoms with Gasteiger partial charge in [0, 0.05) is 11.9 Å². The highest BCUT2D eigenvalue weighted by Gasteiger charge is 2.23. The summed E-state index contributed by atoms with van der Waals surface area (Å²) in [5, 5.41) is 0.897. The van der Waals surface area contributed by atoms with Crippen LogP contribution >= 0.6 is 11.3 Å². The van der Waals surface area contributed by atoms with E-state index in [9.17, 15) is 4.79 Å². The Morgan fingerprint density at radius 1 is 1.12 bits per heavy atom. The first-order valence-electron chi connectivity index (χ1n) is 8.35. The number of hydrogen-bond donors (Lipinski definition) is 0. The van der Waals surface area contributed by atoms with E-state index in [1.807, 2.05) is 79.2 Å². The normalized spacial score (nSPS) is 11.0. The zero-order valence-electron chi connectivity index (χ0n) is 14.6. The van der Waals surface area contributed by atoms with E-state index < -0.39 is 0 Å². The highest BCUT2D eigenvalue weighted by atomic mass is 32.1. The molecule has 4 aromatic rings. The lowest BCUT2D eigenvalue weighted by Gasteiger charge is -2.22. The van der Waals surface area contributed by atoms with E-state index in [1.54, 1.807) is 4.90 Å². The molecule has 1 amide bonds. The summed E-state index contributed by atoms with van der Waals surface area (Å²) < 4.78 is 2.01. The minimum Gasteiger partial charge on any atom is -0.302 e. The summed E-state index contributed by atoms with van der Waals surface area (Å²) in [6.07, 6.45) is 3.79. The van der Waals surface area contributed by atoms with Crippen molar-refractivity contribution in [2.75, 3.05) is 4.90 Å². The van der Waals surface area contributed by atoms with Gasteiger partial charge in [0.2, 0.25) is 0 Å². The predicted octanol–water partition coefficient (Wildman–Crippen LogP) is 4.25. The van der Waals surface area contributed by atoms with E-state index in [4.69, 9.17) is 0 Å². The Bertz CT molecular complexity index is 1070. The molecule has 0 aliphatic heterocycles. The molecule has 0 saturated carbocycles. The average Bonchev–Trinajstić information content (AvgIpc) is 3.22. The van der Waals surface area contributed by atoms with Crippen LogP contribution in [-0.4, -0.2) is 20.3 Å². The van der Waals surface area contributed by atoms with Gasteiger partial charge in [-0.3, -0.25) is 4.79 Å². The van der Waals surface area contributed by atoms with Gasteiger partial charge in [-0.05, 0) is 38.1 Å². The number of carbonyl (C=O) groups is 1. The molecule has 0 aliphatic rings. The monoisotopic (exact) mass is 362 g/mol. The van der Waals surface area contributed by atoms with Gasteiger partial charge in [-0.1, -0.05) is 24.3 Å². The first-order chi connectivity index (χ1) is 12.6. The Kier molecular flexibility index (Phi) is 4.26. The lowest BCUT2D eigenvalue weighted by atomic mass is 10.2.